The minimum absolute atomic E-state index is 0.211. The van der Waals surface area contributed by atoms with Crippen molar-refractivity contribution in [2.45, 2.75) is 13.8 Å². The molecule has 0 aliphatic carbocycles. The van der Waals surface area contributed by atoms with Gasteiger partial charge in [-0.25, -0.2) is 0 Å². The molecular formula is C29H33N3O4PS+. The Labute approximate surface area is 231 Å². The van der Waals surface area contributed by atoms with Gasteiger partial charge in [0.25, 0.3) is 0 Å². The molecule has 0 spiro atoms. The summed E-state index contributed by atoms with van der Waals surface area (Å²) in [7, 11) is 2.01. The van der Waals surface area contributed by atoms with Crippen molar-refractivity contribution >= 4 is 30.8 Å². The van der Waals surface area contributed by atoms with Crippen molar-refractivity contribution in [1.82, 2.24) is 4.78 Å². The number of methoxy groups -OCH3 is 1. The van der Waals surface area contributed by atoms with E-state index >= 15 is 0 Å². The van der Waals surface area contributed by atoms with Gasteiger partial charge >= 0.3 is 7.07 Å². The number of hydrazone groups is 1. The molecule has 0 amide bonds. The largest absolute Gasteiger partial charge is 0.540 e. The number of nitrogens with zero attached hydrogens (tertiary/aromatic N) is 3. The van der Waals surface area contributed by atoms with Gasteiger partial charge < -0.3 is 19.1 Å². The van der Waals surface area contributed by atoms with Crippen molar-refractivity contribution in [2.24, 2.45) is 5.10 Å². The average Bonchev–Trinajstić information content (AvgIpc) is 2.95. The molecule has 0 aliphatic heterocycles. The van der Waals surface area contributed by atoms with Gasteiger partial charge in [-0.15, -0.1) is 11.0 Å². The summed E-state index contributed by atoms with van der Waals surface area (Å²) in [5, 5.41) is 4.41. The van der Waals surface area contributed by atoms with Crippen LogP contribution in [-0.4, -0.2) is 51.6 Å². The van der Waals surface area contributed by atoms with Crippen LogP contribution in [0.5, 0.6) is 17.2 Å². The number of ether oxygens (including phenoxy) is 3. The minimum atomic E-state index is -1.37. The number of likely N-dealkylation sites (N-methyl/N-ethyl adjacent to an activating group) is 1. The number of hydrogen-bond acceptors (Lipinski definition) is 7. The van der Waals surface area contributed by atoms with E-state index in [1.165, 1.54) is 0 Å². The number of hydrogen-bond donors (Lipinski definition) is 0. The number of benzene rings is 3. The fourth-order valence-corrected chi connectivity index (χ4v) is 4.30. The molecule has 3 aromatic rings. The number of rotatable bonds is 14. The van der Waals surface area contributed by atoms with Crippen molar-refractivity contribution in [3.63, 3.8) is 0 Å². The van der Waals surface area contributed by atoms with Crippen molar-refractivity contribution < 1.29 is 18.7 Å². The van der Waals surface area contributed by atoms with E-state index in [2.05, 4.69) is 40.9 Å². The molecule has 1 atom stereocenters. The smallest absolute Gasteiger partial charge is 0.492 e. The van der Waals surface area contributed by atoms with Crippen LogP contribution in [0.2, 0.25) is 0 Å². The predicted octanol–water partition coefficient (Wildman–Crippen LogP) is 6.06. The highest BCUT2D eigenvalue weighted by Gasteiger charge is 2.20. The highest BCUT2D eigenvalue weighted by molar-refractivity contribution is 8.02. The van der Waals surface area contributed by atoms with E-state index in [1.807, 2.05) is 67.6 Å². The first-order valence-electron chi connectivity index (χ1n) is 12.2. The molecule has 0 radical (unpaired) electrons. The predicted molar refractivity (Wildman–Crippen MR) is 158 cm³/mol. The maximum Gasteiger partial charge on any atom is 0.540 e. The average molecular weight is 551 g/mol. The van der Waals surface area contributed by atoms with Crippen LogP contribution in [0.4, 0.5) is 5.69 Å². The van der Waals surface area contributed by atoms with Gasteiger partial charge in [0.05, 0.1) is 19.8 Å². The molecule has 3 aromatic carbocycles. The third-order valence-corrected chi connectivity index (χ3v) is 7.23. The van der Waals surface area contributed by atoms with Crippen LogP contribution in [0.1, 0.15) is 25.0 Å². The highest BCUT2D eigenvalue weighted by atomic mass is 32.4. The Bertz CT molecular complexity index is 1240. The lowest BCUT2D eigenvalue weighted by molar-refractivity contribution is 0.0511. The van der Waals surface area contributed by atoms with E-state index in [4.69, 9.17) is 30.5 Å². The van der Waals surface area contributed by atoms with E-state index in [-0.39, 0.29) is 6.79 Å². The van der Waals surface area contributed by atoms with E-state index < -0.39 is 7.07 Å². The molecule has 198 valence electrons. The van der Waals surface area contributed by atoms with E-state index in [9.17, 15) is 0 Å². The zero-order chi connectivity index (χ0) is 27.2. The summed E-state index contributed by atoms with van der Waals surface area (Å²) in [6.45, 7) is 6.42. The Kier molecular flexibility index (Phi) is 11.9. The topological polar surface area (TPSA) is 55.8 Å². The first-order valence-corrected chi connectivity index (χ1v) is 14.4. The summed E-state index contributed by atoms with van der Waals surface area (Å²) in [6, 6.07) is 23.3. The lowest BCUT2D eigenvalue weighted by Gasteiger charge is -2.23. The van der Waals surface area contributed by atoms with Crippen LogP contribution < -0.4 is 18.9 Å². The van der Waals surface area contributed by atoms with Crippen LogP contribution >= 0.6 is 7.07 Å². The molecule has 0 saturated heterocycles. The van der Waals surface area contributed by atoms with Gasteiger partial charge in [-0.2, -0.15) is 0 Å². The van der Waals surface area contributed by atoms with Crippen molar-refractivity contribution in [3.8, 4) is 29.1 Å². The van der Waals surface area contributed by atoms with Crippen molar-refractivity contribution in [1.29, 1.82) is 0 Å². The summed E-state index contributed by atoms with van der Waals surface area (Å²) in [5.41, 5.74) is 3.09. The fraction of sp³-hybridized carbons (Fsp3) is 0.276. The van der Waals surface area contributed by atoms with Crippen molar-refractivity contribution in [3.05, 3.63) is 83.9 Å². The van der Waals surface area contributed by atoms with Gasteiger partial charge in [-0.05, 0) is 92.2 Å². The van der Waals surface area contributed by atoms with Gasteiger partial charge in [-0.1, -0.05) is 10.7 Å². The third-order valence-electron chi connectivity index (χ3n) is 5.35. The quantitative estimate of drug-likeness (QED) is 0.0795. The molecule has 0 aromatic heterocycles. The van der Waals surface area contributed by atoms with E-state index in [0.717, 1.165) is 41.4 Å². The fourth-order valence-electron chi connectivity index (χ4n) is 3.36. The normalized spacial score (nSPS) is 10.9. The summed E-state index contributed by atoms with van der Waals surface area (Å²) in [6.07, 6.45) is 1.73. The first kappa shape index (κ1) is 28.9. The molecule has 0 fully saturated rings. The molecule has 0 bridgehead atoms. The molecular weight excluding hydrogens is 517 g/mol. The second-order valence-corrected chi connectivity index (χ2v) is 10.2. The van der Waals surface area contributed by atoms with Crippen LogP contribution in [-0.2, 0) is 16.5 Å². The zero-order valence-electron chi connectivity index (χ0n) is 22.2. The van der Waals surface area contributed by atoms with Gasteiger partial charge in [0.1, 0.15) is 18.1 Å². The summed E-state index contributed by atoms with van der Waals surface area (Å²) >= 11 is 5.52. The maximum atomic E-state index is 5.96. The number of anilines is 1. The Morgan fingerprint density at radius 1 is 0.921 bits per heavy atom. The summed E-state index contributed by atoms with van der Waals surface area (Å²) in [4.78, 5) is 2.27. The van der Waals surface area contributed by atoms with Gasteiger partial charge in [0.15, 0.2) is 12.5 Å². The molecule has 0 N–H and O–H groups in total. The SMILES string of the molecule is CC#Cc1ccc(N(CC)CCOc2ccc(O[P+](=S)N(C)/N=C/c3ccc(OCOC)cc3)cc2)cc1. The van der Waals surface area contributed by atoms with Crippen LogP contribution in [0.25, 0.3) is 0 Å². The Balaban J connectivity index is 1.45. The molecule has 0 aliphatic rings. The van der Waals surface area contributed by atoms with Crippen LogP contribution in [0.15, 0.2) is 77.9 Å². The molecule has 38 heavy (non-hydrogen) atoms. The minimum Gasteiger partial charge on any atom is -0.492 e. The standard InChI is InChI=1S/C29H33N3O4PS/c1-5-7-24-8-12-26(13-9-24)32(6-2)20-21-34-27-16-18-29(19-17-27)36-37(38)31(3)30-22-25-10-14-28(15-11-25)35-23-33-4/h8-19,22H,6,20-21,23H2,1-4H3/q+1/b30-22+. The van der Waals surface area contributed by atoms with E-state index in [1.54, 1.807) is 25.2 Å². The second kappa shape index (κ2) is 15.6. The van der Waals surface area contributed by atoms with Crippen molar-refractivity contribution in [2.75, 3.05) is 45.5 Å². The molecule has 3 rings (SSSR count). The van der Waals surface area contributed by atoms with Crippen LogP contribution in [0.3, 0.4) is 0 Å². The summed E-state index contributed by atoms with van der Waals surface area (Å²) < 4.78 is 23.8. The molecule has 0 heterocycles. The molecule has 7 nitrogen and oxygen atoms in total. The Hall–Kier alpha value is -3.63. The zero-order valence-corrected chi connectivity index (χ0v) is 23.9. The summed E-state index contributed by atoms with van der Waals surface area (Å²) in [5.74, 6) is 8.18. The molecule has 1 unspecified atom stereocenters. The Morgan fingerprint density at radius 2 is 1.55 bits per heavy atom. The lowest BCUT2D eigenvalue weighted by atomic mass is 10.2. The Morgan fingerprint density at radius 3 is 2.18 bits per heavy atom. The maximum absolute atomic E-state index is 5.96. The third kappa shape index (κ3) is 9.35. The first-order chi connectivity index (χ1) is 18.5. The van der Waals surface area contributed by atoms with Gasteiger partial charge in [0, 0.05) is 24.9 Å². The monoisotopic (exact) mass is 550 g/mol. The highest BCUT2D eigenvalue weighted by Crippen LogP contribution is 2.31. The van der Waals surface area contributed by atoms with Crippen LogP contribution in [0, 0.1) is 11.8 Å². The van der Waals surface area contributed by atoms with Gasteiger partial charge in [-0.3, -0.25) is 4.52 Å². The molecule has 9 heteroatoms. The second-order valence-electron chi connectivity index (χ2n) is 8.00. The van der Waals surface area contributed by atoms with E-state index in [0.29, 0.717) is 12.4 Å². The molecule has 0 saturated carbocycles. The van der Waals surface area contributed by atoms with Gasteiger partial charge in [0.2, 0.25) is 11.8 Å². The lowest BCUT2D eigenvalue weighted by Crippen LogP contribution is -2.28.